The van der Waals surface area contributed by atoms with Gasteiger partial charge < -0.3 is 10.2 Å². The molecule has 0 aromatic heterocycles. The van der Waals surface area contributed by atoms with Gasteiger partial charge in [0.2, 0.25) is 0 Å². The maximum Gasteiger partial charge on any atom is 0.0289 e. The van der Waals surface area contributed by atoms with Crippen LogP contribution in [-0.2, 0) is 0 Å². The summed E-state index contributed by atoms with van der Waals surface area (Å²) in [5.41, 5.74) is 1.11. The molecule has 0 aromatic carbocycles. The molecule has 19 heavy (non-hydrogen) atoms. The van der Waals surface area contributed by atoms with Gasteiger partial charge in [0.1, 0.15) is 0 Å². The van der Waals surface area contributed by atoms with Crippen molar-refractivity contribution in [2.24, 2.45) is 23.2 Å². The normalized spacial score (nSPS) is 53.1. The zero-order valence-electron chi connectivity index (χ0n) is 12.8. The second-order valence-corrected chi connectivity index (χ2v) is 8.69. The van der Waals surface area contributed by atoms with E-state index in [-0.39, 0.29) is 0 Å². The molecule has 5 aliphatic rings. The first-order chi connectivity index (χ1) is 9.08. The molecule has 0 radical (unpaired) electrons. The summed E-state index contributed by atoms with van der Waals surface area (Å²) in [5.74, 6) is 3.30. The molecule has 1 saturated heterocycles. The molecule has 1 atom stereocenters. The Hall–Kier alpha value is -0.0800. The third-order valence-electron chi connectivity index (χ3n) is 6.88. The Morgan fingerprint density at radius 1 is 1.05 bits per heavy atom. The van der Waals surface area contributed by atoms with Gasteiger partial charge >= 0.3 is 0 Å². The first kappa shape index (κ1) is 12.6. The zero-order valence-corrected chi connectivity index (χ0v) is 12.8. The number of nitrogens with one attached hydrogen (secondary N) is 1. The van der Waals surface area contributed by atoms with E-state index in [2.05, 4.69) is 24.2 Å². The molecule has 1 unspecified atom stereocenters. The van der Waals surface area contributed by atoms with Crippen molar-refractivity contribution >= 4 is 0 Å². The number of nitrogens with zero attached hydrogens (tertiary/aromatic N) is 1. The molecule has 4 saturated carbocycles. The molecular weight excluding hydrogens is 232 g/mol. The Labute approximate surface area is 118 Å². The number of rotatable bonds is 3. The minimum Gasteiger partial charge on any atom is -0.313 e. The van der Waals surface area contributed by atoms with Gasteiger partial charge in [-0.05, 0) is 82.1 Å². The van der Waals surface area contributed by atoms with Crippen LogP contribution in [0, 0.1) is 23.2 Å². The van der Waals surface area contributed by atoms with Crippen molar-refractivity contribution in [2.75, 3.05) is 26.7 Å². The van der Waals surface area contributed by atoms with E-state index in [1.54, 1.807) is 38.5 Å². The van der Waals surface area contributed by atoms with Crippen LogP contribution in [0.5, 0.6) is 0 Å². The maximum absolute atomic E-state index is 3.54. The summed E-state index contributed by atoms with van der Waals surface area (Å²) in [4.78, 5) is 2.78. The summed E-state index contributed by atoms with van der Waals surface area (Å²) in [6.45, 7) is 6.39. The first-order valence-corrected chi connectivity index (χ1v) is 8.49. The number of hydrogen-bond donors (Lipinski definition) is 1. The van der Waals surface area contributed by atoms with Crippen molar-refractivity contribution < 1.29 is 0 Å². The van der Waals surface area contributed by atoms with Gasteiger partial charge in [0.15, 0.2) is 0 Å². The van der Waals surface area contributed by atoms with E-state index in [9.17, 15) is 0 Å². The molecule has 4 aliphatic carbocycles. The first-order valence-electron chi connectivity index (χ1n) is 8.49. The van der Waals surface area contributed by atoms with E-state index in [1.807, 2.05) is 0 Å². The fourth-order valence-corrected chi connectivity index (χ4v) is 6.35. The summed E-state index contributed by atoms with van der Waals surface area (Å²) in [7, 11) is 2.13. The molecule has 4 bridgehead atoms. The number of likely N-dealkylation sites (N-methyl/N-ethyl adjacent to an activating group) is 1. The molecule has 1 aliphatic heterocycles. The van der Waals surface area contributed by atoms with Crippen molar-refractivity contribution in [3.05, 3.63) is 0 Å². The molecule has 0 amide bonds. The average molecular weight is 262 g/mol. The lowest BCUT2D eigenvalue weighted by Gasteiger charge is -2.57. The molecule has 5 fully saturated rings. The minimum atomic E-state index is 0.377. The smallest absolute Gasteiger partial charge is 0.0289 e. The van der Waals surface area contributed by atoms with Crippen molar-refractivity contribution in [2.45, 2.75) is 57.4 Å². The molecule has 1 heterocycles. The minimum absolute atomic E-state index is 0.377. The summed E-state index contributed by atoms with van der Waals surface area (Å²) in [6, 6.07) is 0. The lowest BCUT2D eigenvalue weighted by Crippen LogP contribution is -2.51. The standard InChI is InChI=1S/C17H30N2/c1-16(18-2)3-4-19(11-16)12-17-8-13-5-14(9-17)7-15(6-13)10-17/h13-15,18H,3-12H2,1-2H3. The highest BCUT2D eigenvalue weighted by atomic mass is 15.2. The predicted molar refractivity (Wildman–Crippen MR) is 79.1 cm³/mol. The fourth-order valence-electron chi connectivity index (χ4n) is 6.35. The highest BCUT2D eigenvalue weighted by Gasteiger charge is 2.51. The molecule has 2 heteroatoms. The van der Waals surface area contributed by atoms with Crippen molar-refractivity contribution in [3.8, 4) is 0 Å². The highest BCUT2D eigenvalue weighted by Crippen LogP contribution is 2.60. The Bertz CT molecular complexity index is 329. The Morgan fingerprint density at radius 3 is 2.11 bits per heavy atom. The van der Waals surface area contributed by atoms with E-state index >= 15 is 0 Å². The van der Waals surface area contributed by atoms with E-state index in [4.69, 9.17) is 0 Å². The van der Waals surface area contributed by atoms with E-state index in [0.717, 1.165) is 23.2 Å². The molecule has 108 valence electrons. The lowest BCUT2D eigenvalue weighted by atomic mass is 9.49. The van der Waals surface area contributed by atoms with Gasteiger partial charge in [-0.1, -0.05) is 0 Å². The Kier molecular flexibility index (Phi) is 2.80. The van der Waals surface area contributed by atoms with E-state index in [1.165, 1.54) is 26.1 Å². The summed E-state index contributed by atoms with van der Waals surface area (Å²) in [6.07, 6.45) is 10.7. The van der Waals surface area contributed by atoms with E-state index in [0.29, 0.717) is 5.54 Å². The topological polar surface area (TPSA) is 15.3 Å². The van der Waals surface area contributed by atoms with Crippen LogP contribution in [0.3, 0.4) is 0 Å². The van der Waals surface area contributed by atoms with Crippen LogP contribution in [0.2, 0.25) is 0 Å². The summed E-state index contributed by atoms with van der Waals surface area (Å²) >= 11 is 0. The summed E-state index contributed by atoms with van der Waals surface area (Å²) < 4.78 is 0. The molecule has 1 N–H and O–H groups in total. The second-order valence-electron chi connectivity index (χ2n) is 8.69. The van der Waals surface area contributed by atoms with Crippen molar-refractivity contribution in [1.29, 1.82) is 0 Å². The van der Waals surface area contributed by atoms with Crippen LogP contribution in [0.1, 0.15) is 51.9 Å². The largest absolute Gasteiger partial charge is 0.313 e. The predicted octanol–water partition coefficient (Wildman–Crippen LogP) is 2.89. The van der Waals surface area contributed by atoms with Gasteiger partial charge in [-0.2, -0.15) is 0 Å². The maximum atomic E-state index is 3.54. The van der Waals surface area contributed by atoms with Gasteiger partial charge in [0.05, 0.1) is 0 Å². The van der Waals surface area contributed by atoms with Crippen LogP contribution < -0.4 is 5.32 Å². The van der Waals surface area contributed by atoms with Crippen LogP contribution in [0.15, 0.2) is 0 Å². The van der Waals surface area contributed by atoms with E-state index < -0.39 is 0 Å². The highest BCUT2D eigenvalue weighted by molar-refractivity contribution is 5.04. The molecular formula is C17H30N2. The monoisotopic (exact) mass is 262 g/mol. The van der Waals surface area contributed by atoms with Crippen LogP contribution in [0.4, 0.5) is 0 Å². The van der Waals surface area contributed by atoms with Crippen LogP contribution >= 0.6 is 0 Å². The fraction of sp³-hybridized carbons (Fsp3) is 1.00. The van der Waals surface area contributed by atoms with Gasteiger partial charge in [0.25, 0.3) is 0 Å². The quantitative estimate of drug-likeness (QED) is 0.841. The van der Waals surface area contributed by atoms with Gasteiger partial charge in [-0.3, -0.25) is 0 Å². The zero-order chi connectivity index (χ0) is 13.1. The second kappa shape index (κ2) is 4.21. The SMILES string of the molecule is CNC1(C)CCN(CC23CC4CC(CC(C4)C2)C3)C1. The Morgan fingerprint density at radius 2 is 1.63 bits per heavy atom. The van der Waals surface area contributed by atoms with Gasteiger partial charge in [-0.15, -0.1) is 0 Å². The van der Waals surface area contributed by atoms with Crippen molar-refractivity contribution in [3.63, 3.8) is 0 Å². The molecule has 0 spiro atoms. The average Bonchev–Trinajstić information content (AvgIpc) is 2.69. The molecule has 5 rings (SSSR count). The number of likely N-dealkylation sites (tertiary alicyclic amines) is 1. The molecule has 2 nitrogen and oxygen atoms in total. The van der Waals surface area contributed by atoms with Crippen molar-refractivity contribution in [1.82, 2.24) is 10.2 Å². The third kappa shape index (κ3) is 2.15. The van der Waals surface area contributed by atoms with Gasteiger partial charge in [-0.25, -0.2) is 0 Å². The lowest BCUT2D eigenvalue weighted by molar-refractivity contribution is -0.0670. The number of hydrogen-bond acceptors (Lipinski definition) is 2. The summed E-state index contributed by atoms with van der Waals surface area (Å²) in [5, 5.41) is 3.54. The van der Waals surface area contributed by atoms with Crippen LogP contribution in [-0.4, -0.2) is 37.1 Å². The Balaban J connectivity index is 1.46. The van der Waals surface area contributed by atoms with Gasteiger partial charge in [0, 0.05) is 25.2 Å². The third-order valence-corrected chi connectivity index (χ3v) is 6.88. The molecule has 0 aromatic rings. The van der Waals surface area contributed by atoms with Crippen LogP contribution in [0.25, 0.3) is 0 Å².